The Labute approximate surface area is 151 Å². The third-order valence-electron chi connectivity index (χ3n) is 5.55. The van der Waals surface area contributed by atoms with Gasteiger partial charge in [-0.15, -0.1) is 0 Å². The van der Waals surface area contributed by atoms with E-state index in [0.717, 1.165) is 30.4 Å². The van der Waals surface area contributed by atoms with Gasteiger partial charge in [0.1, 0.15) is 6.07 Å². The second-order valence-electron chi connectivity index (χ2n) is 6.72. The average molecular weight is 344 g/mol. The summed E-state index contributed by atoms with van der Waals surface area (Å²) in [7, 11) is 0. The van der Waals surface area contributed by atoms with Gasteiger partial charge in [-0.1, -0.05) is 12.1 Å². The van der Waals surface area contributed by atoms with Crippen LogP contribution in [0, 0.1) is 45.3 Å². The number of hydrogen-bond donors (Lipinski definition) is 1. The van der Waals surface area contributed by atoms with Crippen molar-refractivity contribution < 1.29 is 9.47 Å². The van der Waals surface area contributed by atoms with Gasteiger partial charge in [-0.3, -0.25) is 0 Å². The number of nitriles is 3. The van der Waals surface area contributed by atoms with Crippen LogP contribution in [0.5, 0.6) is 11.5 Å². The van der Waals surface area contributed by atoms with E-state index < -0.39 is 11.3 Å². The summed E-state index contributed by atoms with van der Waals surface area (Å²) in [5, 5.41) is 29.6. The van der Waals surface area contributed by atoms with E-state index in [1.807, 2.05) is 18.2 Å². The fourth-order valence-electron chi connectivity index (χ4n) is 4.36. The maximum absolute atomic E-state index is 9.97. The van der Waals surface area contributed by atoms with Gasteiger partial charge in [-0.05, 0) is 48.4 Å². The van der Waals surface area contributed by atoms with Gasteiger partial charge >= 0.3 is 0 Å². The minimum Gasteiger partial charge on any atom is -0.454 e. The van der Waals surface area contributed by atoms with Crippen molar-refractivity contribution in [3.05, 3.63) is 46.7 Å². The highest BCUT2D eigenvalue weighted by molar-refractivity contribution is 5.60. The average Bonchev–Trinajstić information content (AvgIpc) is 3.15. The Morgan fingerprint density at radius 2 is 1.88 bits per heavy atom. The fourth-order valence-corrected chi connectivity index (χ4v) is 4.36. The number of allylic oxidation sites excluding steroid dienone is 4. The number of fused-ring (bicyclic) bond motifs is 2. The third-order valence-corrected chi connectivity index (χ3v) is 5.55. The van der Waals surface area contributed by atoms with Crippen molar-refractivity contribution in [3.8, 4) is 29.7 Å². The highest BCUT2D eigenvalue weighted by Gasteiger charge is 2.53. The van der Waals surface area contributed by atoms with Crippen molar-refractivity contribution >= 4 is 0 Å². The summed E-state index contributed by atoms with van der Waals surface area (Å²) in [6.07, 6.45) is 4.64. The summed E-state index contributed by atoms with van der Waals surface area (Å²) in [6, 6.07) is 11.9. The van der Waals surface area contributed by atoms with E-state index in [1.54, 1.807) is 6.07 Å². The van der Waals surface area contributed by atoms with Gasteiger partial charge in [0.25, 0.3) is 0 Å². The Balaban J connectivity index is 1.97. The molecule has 6 heteroatoms. The van der Waals surface area contributed by atoms with Crippen LogP contribution >= 0.6 is 0 Å². The lowest BCUT2D eigenvalue weighted by atomic mass is 9.57. The normalized spacial score (nSPS) is 25.3. The Hall–Kier alpha value is -3.43. The van der Waals surface area contributed by atoms with Gasteiger partial charge in [0.2, 0.25) is 6.79 Å². The van der Waals surface area contributed by atoms with Gasteiger partial charge < -0.3 is 15.2 Å². The molecule has 1 aromatic carbocycles. The molecule has 2 atom stereocenters. The monoisotopic (exact) mass is 344 g/mol. The Morgan fingerprint density at radius 3 is 2.62 bits per heavy atom. The van der Waals surface area contributed by atoms with Crippen LogP contribution in [-0.2, 0) is 0 Å². The van der Waals surface area contributed by atoms with Crippen molar-refractivity contribution in [2.75, 3.05) is 6.79 Å². The van der Waals surface area contributed by atoms with Crippen LogP contribution in [0.2, 0.25) is 0 Å². The predicted octanol–water partition coefficient (Wildman–Crippen LogP) is 3.01. The quantitative estimate of drug-likeness (QED) is 0.837. The zero-order chi connectivity index (χ0) is 18.3. The third kappa shape index (κ3) is 2.01. The molecule has 0 fully saturated rings. The van der Waals surface area contributed by atoms with E-state index in [9.17, 15) is 15.8 Å². The lowest BCUT2D eigenvalue weighted by Crippen LogP contribution is -2.42. The summed E-state index contributed by atoms with van der Waals surface area (Å²) in [5.41, 5.74) is 6.67. The molecule has 6 nitrogen and oxygen atoms in total. The molecule has 0 saturated carbocycles. The molecule has 128 valence electrons. The molecule has 3 aliphatic rings. The zero-order valence-electron chi connectivity index (χ0n) is 14.0. The highest BCUT2D eigenvalue weighted by atomic mass is 16.7. The van der Waals surface area contributed by atoms with Crippen molar-refractivity contribution in [2.45, 2.75) is 25.2 Å². The van der Waals surface area contributed by atoms with Crippen molar-refractivity contribution in [3.63, 3.8) is 0 Å². The summed E-state index contributed by atoms with van der Waals surface area (Å²) in [5.74, 6) is 0.674. The van der Waals surface area contributed by atoms with Crippen molar-refractivity contribution in [2.24, 2.45) is 17.1 Å². The van der Waals surface area contributed by atoms with E-state index >= 15 is 0 Å². The van der Waals surface area contributed by atoms with Crippen LogP contribution in [0.3, 0.4) is 0 Å². The molecule has 2 aliphatic carbocycles. The molecule has 1 aliphatic heterocycles. The van der Waals surface area contributed by atoms with Crippen LogP contribution in [0.1, 0.15) is 30.7 Å². The largest absolute Gasteiger partial charge is 0.454 e. The molecule has 2 N–H and O–H groups in total. The van der Waals surface area contributed by atoms with E-state index in [0.29, 0.717) is 11.5 Å². The minimum atomic E-state index is -1.59. The number of nitrogens with two attached hydrogens (primary N) is 1. The van der Waals surface area contributed by atoms with Gasteiger partial charge in [-0.25, -0.2) is 0 Å². The van der Waals surface area contributed by atoms with E-state index in [-0.39, 0.29) is 24.0 Å². The molecule has 4 rings (SSSR count). The van der Waals surface area contributed by atoms with E-state index in [2.05, 4.69) is 18.2 Å². The Kier molecular flexibility index (Phi) is 3.60. The van der Waals surface area contributed by atoms with E-state index in [4.69, 9.17) is 15.2 Å². The van der Waals surface area contributed by atoms with Crippen molar-refractivity contribution in [1.29, 1.82) is 15.8 Å². The molecule has 26 heavy (non-hydrogen) atoms. The Bertz CT molecular complexity index is 957. The molecule has 0 spiro atoms. The summed E-state index contributed by atoms with van der Waals surface area (Å²) in [6.45, 7) is 0.153. The van der Waals surface area contributed by atoms with Gasteiger partial charge in [0.15, 0.2) is 16.9 Å². The lowest BCUT2D eigenvalue weighted by Gasteiger charge is -2.43. The van der Waals surface area contributed by atoms with Crippen LogP contribution in [0.15, 0.2) is 41.1 Å². The first-order valence-electron chi connectivity index (χ1n) is 8.49. The molecular formula is C20H16N4O2. The van der Waals surface area contributed by atoms with Crippen molar-refractivity contribution in [1.82, 2.24) is 0 Å². The first-order valence-corrected chi connectivity index (χ1v) is 8.49. The molecule has 0 aromatic heterocycles. The molecule has 0 saturated heterocycles. The topological polar surface area (TPSA) is 116 Å². The van der Waals surface area contributed by atoms with Crippen LogP contribution in [0.25, 0.3) is 0 Å². The second kappa shape index (κ2) is 5.83. The second-order valence-corrected chi connectivity index (χ2v) is 6.72. The highest BCUT2D eigenvalue weighted by Crippen LogP contribution is 2.56. The molecule has 0 unspecified atom stereocenters. The predicted molar refractivity (Wildman–Crippen MR) is 91.2 cm³/mol. The van der Waals surface area contributed by atoms with Crippen LogP contribution in [-0.4, -0.2) is 6.79 Å². The van der Waals surface area contributed by atoms with E-state index in [1.165, 1.54) is 0 Å². The maximum Gasteiger partial charge on any atom is 0.231 e. The maximum atomic E-state index is 9.97. The smallest absolute Gasteiger partial charge is 0.231 e. The number of ether oxygens (including phenoxy) is 2. The lowest BCUT2D eigenvalue weighted by molar-refractivity contribution is 0.174. The zero-order valence-corrected chi connectivity index (χ0v) is 14.0. The van der Waals surface area contributed by atoms with Crippen LogP contribution < -0.4 is 15.2 Å². The first kappa shape index (κ1) is 16.1. The SMILES string of the molecule is N#CC1=C(N)C(C#N)(C#N)[C@H](c2ccc3c(c2)OCO3)[C@@H]2CCCC=C12. The number of rotatable bonds is 1. The number of hydrogen-bond acceptors (Lipinski definition) is 6. The molecule has 1 aromatic rings. The number of nitrogens with zero attached hydrogens (tertiary/aromatic N) is 3. The van der Waals surface area contributed by atoms with Gasteiger partial charge in [0, 0.05) is 5.92 Å². The summed E-state index contributed by atoms with van der Waals surface area (Å²) < 4.78 is 10.8. The molecule has 0 amide bonds. The molecular weight excluding hydrogens is 328 g/mol. The molecule has 1 heterocycles. The number of benzene rings is 1. The van der Waals surface area contributed by atoms with Gasteiger partial charge in [0.05, 0.1) is 23.4 Å². The Morgan fingerprint density at radius 1 is 1.12 bits per heavy atom. The minimum absolute atomic E-state index is 0.0528. The molecule has 0 bridgehead atoms. The summed E-state index contributed by atoms with van der Waals surface area (Å²) in [4.78, 5) is 0. The van der Waals surface area contributed by atoms with Gasteiger partial charge in [-0.2, -0.15) is 15.8 Å². The standard InChI is InChI=1S/C20H16N4O2/c21-8-15-13-3-1-2-4-14(13)18(20(9-22,10-23)19(15)24)12-5-6-16-17(7-12)26-11-25-16/h3,5-7,14,18H,1-2,4,11,24H2/t14-,18-/m1/s1. The van der Waals surface area contributed by atoms with Crippen LogP contribution in [0.4, 0.5) is 0 Å². The summed E-state index contributed by atoms with van der Waals surface area (Å²) >= 11 is 0. The first-order chi connectivity index (χ1) is 12.7. The fraction of sp³-hybridized carbons (Fsp3) is 0.350. The molecule has 0 radical (unpaired) electrons.